The lowest BCUT2D eigenvalue weighted by Gasteiger charge is -2.28. The van der Waals surface area contributed by atoms with Crippen LogP contribution in [0.5, 0.6) is 0 Å². The number of amides is 2. The number of hydrogen-bond acceptors (Lipinski definition) is 4. The van der Waals surface area contributed by atoms with E-state index >= 15 is 0 Å². The fraction of sp³-hybridized carbons (Fsp3) is 0.278. The first kappa shape index (κ1) is 16.5. The van der Waals surface area contributed by atoms with Crippen LogP contribution in [-0.2, 0) is 4.79 Å². The summed E-state index contributed by atoms with van der Waals surface area (Å²) >= 11 is 1.47. The van der Waals surface area contributed by atoms with Gasteiger partial charge in [-0.1, -0.05) is 18.2 Å². The number of ketones is 1. The van der Waals surface area contributed by atoms with Crippen LogP contribution >= 0.6 is 11.3 Å². The highest BCUT2D eigenvalue weighted by Gasteiger charge is 2.51. The number of thiophene rings is 1. The molecule has 0 aliphatic carbocycles. The first-order valence-corrected chi connectivity index (χ1v) is 8.69. The van der Waals surface area contributed by atoms with E-state index in [1.165, 1.54) is 17.4 Å². The standard InChI is InChI=1S/C18H17NO4S/c1-12-5-4-10-19(12,18(22)23)17(21)9-8-15(20)14-11-24-16-7-3-2-6-13(14)16/h2-3,6-9,11-12H,4-5,10H2,1H3/p+1/t12-,19?/m1/s1. The zero-order valence-corrected chi connectivity index (χ0v) is 14.1. The molecule has 1 fully saturated rings. The van der Waals surface area contributed by atoms with E-state index in [0.29, 0.717) is 18.4 Å². The Morgan fingerprint density at radius 2 is 2.00 bits per heavy atom. The number of allylic oxidation sites excluding steroid dienone is 1. The Balaban J connectivity index is 1.86. The molecule has 2 heterocycles. The molecule has 124 valence electrons. The van der Waals surface area contributed by atoms with E-state index in [-0.39, 0.29) is 18.4 Å². The van der Waals surface area contributed by atoms with Gasteiger partial charge in [-0.3, -0.25) is 4.79 Å². The summed E-state index contributed by atoms with van der Waals surface area (Å²) in [4.78, 5) is 36.6. The molecule has 1 aliphatic heterocycles. The van der Waals surface area contributed by atoms with Gasteiger partial charge in [-0.05, 0) is 19.1 Å². The third-order valence-electron chi connectivity index (χ3n) is 4.74. The van der Waals surface area contributed by atoms with Gasteiger partial charge in [0.2, 0.25) is 0 Å². The van der Waals surface area contributed by atoms with Crippen molar-refractivity contribution in [2.45, 2.75) is 25.8 Å². The van der Waals surface area contributed by atoms with Crippen molar-refractivity contribution >= 4 is 39.2 Å². The average molecular weight is 344 g/mol. The molecule has 0 saturated carbocycles. The van der Waals surface area contributed by atoms with Gasteiger partial charge in [0.05, 0.1) is 6.54 Å². The van der Waals surface area contributed by atoms with Crippen LogP contribution in [0.2, 0.25) is 0 Å². The van der Waals surface area contributed by atoms with Crippen LogP contribution in [0.3, 0.4) is 0 Å². The van der Waals surface area contributed by atoms with Crippen molar-refractivity contribution in [1.82, 2.24) is 0 Å². The lowest BCUT2D eigenvalue weighted by atomic mass is 10.1. The average Bonchev–Trinajstić information content (AvgIpc) is 3.16. The minimum atomic E-state index is -1.15. The lowest BCUT2D eigenvalue weighted by Crippen LogP contribution is -2.57. The van der Waals surface area contributed by atoms with Gasteiger partial charge in [-0.25, -0.2) is 4.79 Å². The van der Waals surface area contributed by atoms with E-state index in [1.807, 2.05) is 24.3 Å². The summed E-state index contributed by atoms with van der Waals surface area (Å²) in [5, 5.41) is 12.1. The first-order valence-electron chi connectivity index (χ1n) is 7.81. The monoisotopic (exact) mass is 344 g/mol. The quantitative estimate of drug-likeness (QED) is 0.522. The molecule has 1 aromatic carbocycles. The third kappa shape index (κ3) is 2.57. The maximum atomic E-state index is 12.5. The van der Waals surface area contributed by atoms with E-state index < -0.39 is 16.5 Å². The van der Waals surface area contributed by atoms with E-state index in [2.05, 4.69) is 0 Å². The van der Waals surface area contributed by atoms with Crippen LogP contribution in [0.1, 0.15) is 30.1 Å². The molecule has 3 rings (SSSR count). The van der Waals surface area contributed by atoms with Crippen LogP contribution in [0, 0.1) is 0 Å². The third-order valence-corrected chi connectivity index (χ3v) is 5.71. The Hall–Kier alpha value is -2.31. The Bertz CT molecular complexity index is 854. The predicted octanol–water partition coefficient (Wildman–Crippen LogP) is 3.84. The number of nitrogens with zero attached hydrogens (tertiary/aromatic N) is 1. The molecule has 2 atom stereocenters. The van der Waals surface area contributed by atoms with Gasteiger partial charge >= 0.3 is 12.0 Å². The van der Waals surface area contributed by atoms with Crippen molar-refractivity contribution < 1.29 is 24.0 Å². The zero-order valence-electron chi connectivity index (χ0n) is 13.3. The number of quaternary nitrogens is 1. The molecule has 1 aromatic heterocycles. The maximum absolute atomic E-state index is 12.5. The van der Waals surface area contributed by atoms with Gasteiger partial charge in [0.25, 0.3) is 0 Å². The SMILES string of the molecule is C[C@@H]1CCC[N+]1(C(=O)O)C(=O)C=CC(=O)c1csc2ccccc12. The lowest BCUT2D eigenvalue weighted by molar-refractivity contribution is -0.789. The maximum Gasteiger partial charge on any atom is 0.521 e. The van der Waals surface area contributed by atoms with Crippen LogP contribution in [0.15, 0.2) is 41.8 Å². The molecule has 5 nitrogen and oxygen atoms in total. The molecular formula is C18H18NO4S+. The number of hydrogen-bond donors (Lipinski definition) is 1. The van der Waals surface area contributed by atoms with Crippen molar-refractivity contribution in [2.75, 3.05) is 6.54 Å². The van der Waals surface area contributed by atoms with Gasteiger partial charge in [0.15, 0.2) is 5.78 Å². The molecule has 24 heavy (non-hydrogen) atoms. The van der Waals surface area contributed by atoms with Crippen LogP contribution in [-0.4, -0.2) is 40.0 Å². The number of benzene rings is 1. The predicted molar refractivity (Wildman–Crippen MR) is 92.2 cm³/mol. The van der Waals surface area contributed by atoms with Gasteiger partial charge in [0.1, 0.15) is 6.04 Å². The summed E-state index contributed by atoms with van der Waals surface area (Å²) in [6.45, 7) is 2.04. The molecule has 0 spiro atoms. The number of carbonyl (C=O) groups excluding carboxylic acids is 2. The molecule has 6 heteroatoms. The second-order valence-electron chi connectivity index (χ2n) is 6.05. The van der Waals surface area contributed by atoms with Crippen LogP contribution in [0.25, 0.3) is 10.1 Å². The molecule has 1 unspecified atom stereocenters. The Morgan fingerprint density at radius 1 is 1.25 bits per heavy atom. The fourth-order valence-corrected chi connectivity index (χ4v) is 4.27. The minimum absolute atomic E-state index is 0.273. The fourth-order valence-electron chi connectivity index (χ4n) is 3.32. The molecule has 1 aliphatic rings. The van der Waals surface area contributed by atoms with E-state index in [1.54, 1.807) is 12.3 Å². The van der Waals surface area contributed by atoms with Crippen molar-refractivity contribution in [3.63, 3.8) is 0 Å². The zero-order chi connectivity index (χ0) is 17.3. The van der Waals surface area contributed by atoms with Crippen molar-refractivity contribution in [2.24, 2.45) is 0 Å². The number of likely N-dealkylation sites (tertiary alicyclic amines) is 1. The summed E-state index contributed by atoms with van der Waals surface area (Å²) in [6.07, 6.45) is 2.56. The van der Waals surface area contributed by atoms with E-state index in [4.69, 9.17) is 0 Å². The Kier molecular flexibility index (Phi) is 4.34. The van der Waals surface area contributed by atoms with Gasteiger partial charge in [-0.15, -0.1) is 11.3 Å². The van der Waals surface area contributed by atoms with Crippen molar-refractivity contribution in [3.8, 4) is 0 Å². The number of imide groups is 1. The van der Waals surface area contributed by atoms with Crippen LogP contribution < -0.4 is 0 Å². The van der Waals surface area contributed by atoms with Crippen LogP contribution in [0.4, 0.5) is 4.79 Å². The second kappa shape index (κ2) is 6.30. The smallest absolute Gasteiger partial charge is 0.435 e. The highest BCUT2D eigenvalue weighted by atomic mass is 32.1. The molecular weight excluding hydrogens is 326 g/mol. The number of rotatable bonds is 3. The highest BCUT2D eigenvalue weighted by molar-refractivity contribution is 7.17. The molecule has 2 amide bonds. The molecule has 2 aromatic rings. The normalized spacial score (nSPS) is 23.8. The van der Waals surface area contributed by atoms with Crippen molar-refractivity contribution in [1.29, 1.82) is 0 Å². The van der Waals surface area contributed by atoms with Gasteiger partial charge in [0, 0.05) is 39.9 Å². The summed E-state index contributed by atoms with van der Waals surface area (Å²) in [6, 6.07) is 7.28. The highest BCUT2D eigenvalue weighted by Crippen LogP contribution is 2.29. The topological polar surface area (TPSA) is 71.4 Å². The Labute approximate surface area is 143 Å². The summed E-state index contributed by atoms with van der Waals surface area (Å²) in [5.41, 5.74) is 0.538. The summed E-state index contributed by atoms with van der Waals surface area (Å²) in [5.74, 6) is -0.823. The molecule has 1 saturated heterocycles. The number of carboxylic acid groups (broad SMARTS) is 1. The second-order valence-corrected chi connectivity index (χ2v) is 6.96. The first-order chi connectivity index (χ1) is 11.5. The summed E-state index contributed by atoms with van der Waals surface area (Å²) < 4.78 is 0.386. The number of fused-ring (bicyclic) bond motifs is 1. The summed E-state index contributed by atoms with van der Waals surface area (Å²) in [7, 11) is 0. The van der Waals surface area contributed by atoms with E-state index in [0.717, 1.165) is 16.2 Å². The molecule has 0 radical (unpaired) electrons. The van der Waals surface area contributed by atoms with Gasteiger partial charge in [-0.2, -0.15) is 9.28 Å². The molecule has 1 N–H and O–H groups in total. The Morgan fingerprint density at radius 3 is 2.67 bits per heavy atom. The largest absolute Gasteiger partial charge is 0.521 e. The number of carbonyl (C=O) groups is 3. The van der Waals surface area contributed by atoms with Crippen molar-refractivity contribution in [3.05, 3.63) is 47.4 Å². The molecule has 0 bridgehead atoms. The minimum Gasteiger partial charge on any atom is -0.435 e. The van der Waals surface area contributed by atoms with E-state index in [9.17, 15) is 19.5 Å². The van der Waals surface area contributed by atoms with Gasteiger partial charge < -0.3 is 5.11 Å².